The summed E-state index contributed by atoms with van der Waals surface area (Å²) in [6.07, 6.45) is 8.39. The van der Waals surface area contributed by atoms with E-state index in [-0.39, 0.29) is 6.10 Å². The fourth-order valence-corrected chi connectivity index (χ4v) is 2.97. The van der Waals surface area contributed by atoms with Crippen LogP contribution in [-0.2, 0) is 19.6 Å². The quantitative estimate of drug-likeness (QED) is 0.301. The van der Waals surface area contributed by atoms with Gasteiger partial charge in [0, 0.05) is 0 Å². The minimum absolute atomic E-state index is 0.263. The highest BCUT2D eigenvalue weighted by atomic mass is 32.2. The van der Waals surface area contributed by atoms with Crippen molar-refractivity contribution in [2.45, 2.75) is 90.8 Å². The Morgan fingerprint density at radius 2 is 1.39 bits per heavy atom. The van der Waals surface area contributed by atoms with Crippen molar-refractivity contribution >= 4 is 16.3 Å². The van der Waals surface area contributed by atoms with Crippen LogP contribution < -0.4 is 0 Å². The molecule has 0 spiro atoms. The van der Waals surface area contributed by atoms with E-state index < -0.39 is 28.1 Å². The summed E-state index contributed by atoms with van der Waals surface area (Å²) >= 11 is 0. The summed E-state index contributed by atoms with van der Waals surface area (Å²) in [6, 6.07) is 0. The Kier molecular flexibility index (Phi) is 12.1. The van der Waals surface area contributed by atoms with Crippen LogP contribution in [0, 0.1) is 0 Å². The van der Waals surface area contributed by atoms with Gasteiger partial charge < -0.3 is 9.47 Å². The number of carbonyl (C=O) groups is 1. The van der Waals surface area contributed by atoms with Gasteiger partial charge in [-0.1, -0.05) is 51.9 Å². The summed E-state index contributed by atoms with van der Waals surface area (Å²) in [5, 5.41) is 0. The zero-order chi connectivity index (χ0) is 17.7. The zero-order valence-electron chi connectivity index (χ0n) is 14.6. The minimum atomic E-state index is -4.16. The minimum Gasteiger partial charge on any atom is -0.431 e. The molecular weight excluding hydrogens is 320 g/mol. The van der Waals surface area contributed by atoms with Gasteiger partial charge in [-0.05, 0) is 26.7 Å². The van der Waals surface area contributed by atoms with E-state index in [1.165, 1.54) is 45.4 Å². The highest BCUT2D eigenvalue weighted by molar-refractivity contribution is 7.85. The lowest BCUT2D eigenvalue weighted by Gasteiger charge is -2.15. The Bertz CT molecular complexity index is 407. The van der Waals surface area contributed by atoms with Crippen LogP contribution in [0.1, 0.15) is 78.6 Å². The molecule has 0 amide bonds. The molecule has 0 saturated carbocycles. The first-order valence-corrected chi connectivity index (χ1v) is 10.2. The molecule has 0 aromatic rings. The van der Waals surface area contributed by atoms with Crippen molar-refractivity contribution in [1.29, 1.82) is 0 Å². The maximum absolute atomic E-state index is 11.5. The van der Waals surface area contributed by atoms with Crippen LogP contribution in [0.5, 0.6) is 0 Å². The Balaban J connectivity index is 3.65. The van der Waals surface area contributed by atoms with E-state index in [0.29, 0.717) is 0 Å². The molecule has 0 bridgehead atoms. The van der Waals surface area contributed by atoms with Crippen LogP contribution in [0.2, 0.25) is 0 Å². The average Bonchev–Trinajstić information content (AvgIpc) is 2.39. The first-order valence-electron chi connectivity index (χ1n) is 8.57. The van der Waals surface area contributed by atoms with E-state index in [1.54, 1.807) is 6.92 Å². The third-order valence-electron chi connectivity index (χ3n) is 3.50. The molecule has 1 N–H and O–H groups in total. The molecule has 2 atom stereocenters. The first-order chi connectivity index (χ1) is 10.7. The van der Waals surface area contributed by atoms with Crippen LogP contribution >= 0.6 is 0 Å². The third kappa shape index (κ3) is 15.8. The van der Waals surface area contributed by atoms with Crippen molar-refractivity contribution < 1.29 is 27.2 Å². The Hall–Kier alpha value is -0.820. The van der Waals surface area contributed by atoms with Crippen molar-refractivity contribution in [2.24, 2.45) is 0 Å². The molecule has 0 saturated heterocycles. The summed E-state index contributed by atoms with van der Waals surface area (Å²) < 4.78 is 39.8. The van der Waals surface area contributed by atoms with Gasteiger partial charge in [-0.2, -0.15) is 8.42 Å². The summed E-state index contributed by atoms with van der Waals surface area (Å²) in [5.74, 6) is -0.630. The lowest BCUT2D eigenvalue weighted by atomic mass is 10.1. The van der Waals surface area contributed by atoms with Gasteiger partial charge in [0.15, 0.2) is 0 Å². The van der Waals surface area contributed by atoms with Gasteiger partial charge >= 0.3 is 6.16 Å². The van der Waals surface area contributed by atoms with Crippen molar-refractivity contribution in [1.82, 2.24) is 0 Å². The maximum atomic E-state index is 11.5. The molecule has 7 heteroatoms. The number of hydrogen-bond donors (Lipinski definition) is 1. The average molecular weight is 352 g/mol. The van der Waals surface area contributed by atoms with Gasteiger partial charge in [-0.15, -0.1) is 0 Å². The predicted octanol–water partition coefficient (Wildman–Crippen LogP) is 4.34. The third-order valence-corrected chi connectivity index (χ3v) is 4.40. The molecule has 23 heavy (non-hydrogen) atoms. The summed E-state index contributed by atoms with van der Waals surface area (Å²) in [4.78, 5) is 11.5. The van der Waals surface area contributed by atoms with Gasteiger partial charge in [-0.3, -0.25) is 4.55 Å². The number of hydrogen-bond acceptors (Lipinski definition) is 5. The molecule has 0 heterocycles. The van der Waals surface area contributed by atoms with E-state index in [0.717, 1.165) is 19.3 Å². The fourth-order valence-electron chi connectivity index (χ4n) is 2.31. The fraction of sp³-hybridized carbons (Fsp3) is 0.938. The molecule has 0 aliphatic heterocycles. The van der Waals surface area contributed by atoms with E-state index in [9.17, 15) is 13.2 Å². The van der Waals surface area contributed by atoms with E-state index in [4.69, 9.17) is 14.0 Å². The lowest BCUT2D eigenvalue weighted by molar-refractivity contribution is 0.00990. The highest BCUT2D eigenvalue weighted by Gasteiger charge is 2.18. The van der Waals surface area contributed by atoms with E-state index in [2.05, 4.69) is 6.92 Å². The summed E-state index contributed by atoms with van der Waals surface area (Å²) in [6.45, 7) is 5.38. The molecule has 0 aliphatic carbocycles. The number of carbonyl (C=O) groups excluding carboxylic acids is 1. The largest absolute Gasteiger partial charge is 0.508 e. The van der Waals surface area contributed by atoms with Crippen molar-refractivity contribution in [3.63, 3.8) is 0 Å². The van der Waals surface area contributed by atoms with Crippen LogP contribution in [0.25, 0.3) is 0 Å². The molecule has 0 fully saturated rings. The van der Waals surface area contributed by atoms with Crippen LogP contribution in [0.15, 0.2) is 0 Å². The summed E-state index contributed by atoms with van der Waals surface area (Å²) in [5.41, 5.74) is 0. The van der Waals surface area contributed by atoms with Gasteiger partial charge in [-0.25, -0.2) is 4.79 Å². The Morgan fingerprint density at radius 1 is 0.913 bits per heavy atom. The van der Waals surface area contributed by atoms with Crippen LogP contribution in [0.4, 0.5) is 4.79 Å². The second-order valence-corrected chi connectivity index (χ2v) is 7.62. The van der Waals surface area contributed by atoms with Crippen LogP contribution in [-0.4, -0.2) is 37.1 Å². The highest BCUT2D eigenvalue weighted by Crippen LogP contribution is 2.12. The normalized spacial score (nSPS) is 14.3. The molecular formula is C16H32O6S. The predicted molar refractivity (Wildman–Crippen MR) is 90.1 cm³/mol. The Labute approximate surface area is 140 Å². The van der Waals surface area contributed by atoms with Crippen LogP contribution in [0.3, 0.4) is 0 Å². The monoisotopic (exact) mass is 352 g/mol. The zero-order valence-corrected chi connectivity index (χ0v) is 15.4. The van der Waals surface area contributed by atoms with Gasteiger partial charge in [0.2, 0.25) is 0 Å². The SMILES string of the molecule is CCCCCCCCCCC(C)OC(=O)OC(C)CS(=O)(=O)O. The maximum Gasteiger partial charge on any atom is 0.508 e. The van der Waals surface area contributed by atoms with Gasteiger partial charge in [0.25, 0.3) is 10.1 Å². The molecule has 6 nitrogen and oxygen atoms in total. The lowest BCUT2D eigenvalue weighted by Crippen LogP contribution is -2.26. The second kappa shape index (κ2) is 12.6. The van der Waals surface area contributed by atoms with Gasteiger partial charge in [0.05, 0.1) is 0 Å². The van der Waals surface area contributed by atoms with E-state index >= 15 is 0 Å². The standard InChI is InChI=1S/C16H32O6S/c1-4-5-6-7-8-9-10-11-12-14(2)21-16(17)22-15(3)13-23(18,19)20/h14-15H,4-13H2,1-3H3,(H,18,19,20). The Morgan fingerprint density at radius 3 is 1.91 bits per heavy atom. The van der Waals surface area contributed by atoms with Crippen molar-refractivity contribution in [3.05, 3.63) is 0 Å². The molecule has 138 valence electrons. The molecule has 0 aromatic carbocycles. The molecule has 0 radical (unpaired) electrons. The topological polar surface area (TPSA) is 89.9 Å². The van der Waals surface area contributed by atoms with Crippen molar-refractivity contribution in [2.75, 3.05) is 5.75 Å². The second-order valence-electron chi connectivity index (χ2n) is 6.12. The number of rotatable bonds is 13. The number of ether oxygens (including phenoxy) is 2. The molecule has 2 unspecified atom stereocenters. The molecule has 0 aliphatic rings. The first kappa shape index (κ1) is 22.2. The summed E-state index contributed by atoms with van der Waals surface area (Å²) in [7, 11) is -4.16. The van der Waals surface area contributed by atoms with Crippen molar-refractivity contribution in [3.8, 4) is 0 Å². The molecule has 0 rings (SSSR count). The molecule has 0 aromatic heterocycles. The van der Waals surface area contributed by atoms with E-state index in [1.807, 2.05) is 0 Å². The van der Waals surface area contributed by atoms with Gasteiger partial charge in [0.1, 0.15) is 18.0 Å². The number of unbranched alkanes of at least 4 members (excludes halogenated alkanes) is 7. The smallest absolute Gasteiger partial charge is 0.431 e.